The zero-order chi connectivity index (χ0) is 20.4. The molecular formula is C24H20FNO3. The number of hydrogen-bond acceptors (Lipinski definition) is 3. The van der Waals surface area contributed by atoms with Crippen molar-refractivity contribution >= 4 is 11.5 Å². The van der Waals surface area contributed by atoms with Crippen molar-refractivity contribution in [3.63, 3.8) is 0 Å². The van der Waals surface area contributed by atoms with Gasteiger partial charge in [0, 0.05) is 12.1 Å². The van der Waals surface area contributed by atoms with Crippen LogP contribution in [0.5, 0.6) is 5.75 Å². The highest BCUT2D eigenvalue weighted by molar-refractivity contribution is 6.05. The minimum Gasteiger partial charge on any atom is -0.503 e. The second-order valence-electron chi connectivity index (χ2n) is 6.86. The van der Waals surface area contributed by atoms with Gasteiger partial charge in [0.1, 0.15) is 11.6 Å². The van der Waals surface area contributed by atoms with Gasteiger partial charge in [-0.15, -0.1) is 0 Å². The van der Waals surface area contributed by atoms with E-state index in [0.29, 0.717) is 23.4 Å². The highest BCUT2D eigenvalue weighted by Gasteiger charge is 2.40. The number of carbonyl (C=O) groups excluding carboxylic acids is 1. The van der Waals surface area contributed by atoms with Crippen LogP contribution < -0.4 is 4.74 Å². The third kappa shape index (κ3) is 3.59. The first kappa shape index (κ1) is 18.7. The van der Waals surface area contributed by atoms with E-state index in [1.807, 2.05) is 30.3 Å². The van der Waals surface area contributed by atoms with E-state index in [4.69, 9.17) is 4.74 Å². The fraction of sp³-hybridized carbons (Fsp3) is 0.125. The Labute approximate surface area is 168 Å². The molecule has 1 aliphatic heterocycles. The largest absolute Gasteiger partial charge is 0.503 e. The van der Waals surface area contributed by atoms with Crippen LogP contribution in [-0.2, 0) is 11.3 Å². The van der Waals surface area contributed by atoms with Gasteiger partial charge in [0.25, 0.3) is 5.91 Å². The Balaban J connectivity index is 1.80. The number of halogens is 1. The molecule has 0 unspecified atom stereocenters. The average Bonchev–Trinajstić information content (AvgIpc) is 3.00. The van der Waals surface area contributed by atoms with Crippen LogP contribution in [0.3, 0.4) is 0 Å². The minimum atomic E-state index is -0.531. The first-order chi connectivity index (χ1) is 14.1. The molecule has 3 aromatic rings. The molecule has 0 spiro atoms. The molecule has 0 fully saturated rings. The van der Waals surface area contributed by atoms with E-state index in [1.54, 1.807) is 48.4 Å². The van der Waals surface area contributed by atoms with Crippen molar-refractivity contribution in [3.8, 4) is 5.75 Å². The second-order valence-corrected chi connectivity index (χ2v) is 6.86. The molecule has 0 aromatic heterocycles. The Morgan fingerprint density at radius 2 is 1.62 bits per heavy atom. The summed E-state index contributed by atoms with van der Waals surface area (Å²) in [6, 6.07) is 22.2. The van der Waals surface area contributed by atoms with Gasteiger partial charge in [-0.3, -0.25) is 4.79 Å². The van der Waals surface area contributed by atoms with Gasteiger partial charge < -0.3 is 14.7 Å². The third-order valence-electron chi connectivity index (χ3n) is 5.09. The van der Waals surface area contributed by atoms with Gasteiger partial charge >= 0.3 is 0 Å². The summed E-state index contributed by atoms with van der Waals surface area (Å²) in [5.41, 5.74) is 2.88. The Kier molecular flexibility index (Phi) is 5.04. The SMILES string of the molecule is COc1ccc(C2=C(O)C(=O)N(Cc3ccccc3)[C@@H]2c2ccc(F)cc2)cc1. The number of aliphatic hydroxyl groups is 1. The van der Waals surface area contributed by atoms with Crippen molar-refractivity contribution in [3.05, 3.63) is 107 Å². The fourth-order valence-electron chi connectivity index (χ4n) is 3.65. The van der Waals surface area contributed by atoms with Gasteiger partial charge in [0.15, 0.2) is 5.76 Å². The summed E-state index contributed by atoms with van der Waals surface area (Å²) in [7, 11) is 1.58. The Morgan fingerprint density at radius 3 is 2.24 bits per heavy atom. The summed E-state index contributed by atoms with van der Waals surface area (Å²) in [5.74, 6) is -0.418. The lowest BCUT2D eigenvalue weighted by atomic mass is 9.93. The lowest BCUT2D eigenvalue weighted by molar-refractivity contribution is -0.130. The zero-order valence-corrected chi connectivity index (χ0v) is 15.9. The standard InChI is InChI=1S/C24H20FNO3/c1-29-20-13-9-17(10-14-20)21-22(18-7-11-19(25)12-8-18)26(24(28)23(21)27)15-16-5-3-2-4-6-16/h2-14,22,27H,15H2,1H3/t22-/m1/s1. The number of methoxy groups -OCH3 is 1. The van der Waals surface area contributed by atoms with Gasteiger partial charge in [-0.25, -0.2) is 4.39 Å². The molecule has 0 bridgehead atoms. The minimum absolute atomic E-state index is 0.291. The first-order valence-corrected chi connectivity index (χ1v) is 9.26. The van der Waals surface area contributed by atoms with Crippen molar-refractivity contribution in [1.82, 2.24) is 4.90 Å². The molecule has 0 saturated carbocycles. The maximum atomic E-state index is 13.5. The van der Waals surface area contributed by atoms with Crippen molar-refractivity contribution < 1.29 is 19.0 Å². The summed E-state index contributed by atoms with van der Waals surface area (Å²) in [5, 5.41) is 10.8. The van der Waals surface area contributed by atoms with Crippen LogP contribution in [-0.4, -0.2) is 23.0 Å². The number of hydrogen-bond donors (Lipinski definition) is 1. The second kappa shape index (κ2) is 7.80. The fourth-order valence-corrected chi connectivity index (χ4v) is 3.65. The molecule has 1 amide bonds. The number of carbonyl (C=O) groups is 1. The Morgan fingerprint density at radius 1 is 0.966 bits per heavy atom. The lowest BCUT2D eigenvalue weighted by Crippen LogP contribution is -2.29. The molecule has 4 nitrogen and oxygen atoms in total. The van der Waals surface area contributed by atoms with E-state index in [9.17, 15) is 14.3 Å². The molecule has 0 saturated heterocycles. The van der Waals surface area contributed by atoms with Gasteiger partial charge in [-0.05, 0) is 41.0 Å². The molecule has 5 heteroatoms. The Bertz CT molecular complexity index is 1040. The molecule has 146 valence electrons. The quantitative estimate of drug-likeness (QED) is 0.676. The summed E-state index contributed by atoms with van der Waals surface area (Å²) >= 11 is 0. The molecule has 4 rings (SSSR count). The highest BCUT2D eigenvalue weighted by Crippen LogP contribution is 2.44. The third-order valence-corrected chi connectivity index (χ3v) is 5.09. The van der Waals surface area contributed by atoms with Gasteiger partial charge in [-0.2, -0.15) is 0 Å². The number of rotatable bonds is 5. The molecular weight excluding hydrogens is 369 g/mol. The number of benzene rings is 3. The van der Waals surface area contributed by atoms with Crippen molar-refractivity contribution in [2.45, 2.75) is 12.6 Å². The number of amides is 1. The summed E-state index contributed by atoms with van der Waals surface area (Å²) < 4.78 is 18.7. The zero-order valence-electron chi connectivity index (χ0n) is 15.9. The lowest BCUT2D eigenvalue weighted by Gasteiger charge is -2.27. The van der Waals surface area contributed by atoms with Crippen LogP contribution in [0.1, 0.15) is 22.7 Å². The van der Waals surface area contributed by atoms with Crippen molar-refractivity contribution in [2.24, 2.45) is 0 Å². The van der Waals surface area contributed by atoms with E-state index in [1.165, 1.54) is 12.1 Å². The van der Waals surface area contributed by atoms with Crippen LogP contribution in [0.25, 0.3) is 5.57 Å². The van der Waals surface area contributed by atoms with Gasteiger partial charge in [0.05, 0.1) is 13.2 Å². The van der Waals surface area contributed by atoms with Crippen molar-refractivity contribution in [2.75, 3.05) is 7.11 Å². The molecule has 3 aromatic carbocycles. The molecule has 0 aliphatic carbocycles. The number of nitrogens with zero attached hydrogens (tertiary/aromatic N) is 1. The maximum absolute atomic E-state index is 13.5. The van der Waals surface area contributed by atoms with Crippen LogP contribution in [0.4, 0.5) is 4.39 Å². The van der Waals surface area contributed by atoms with Crippen LogP contribution in [0, 0.1) is 5.82 Å². The molecule has 1 atom stereocenters. The molecule has 29 heavy (non-hydrogen) atoms. The number of aliphatic hydroxyl groups excluding tert-OH is 1. The topological polar surface area (TPSA) is 49.8 Å². The predicted molar refractivity (Wildman–Crippen MR) is 109 cm³/mol. The molecule has 0 radical (unpaired) electrons. The molecule has 1 heterocycles. The first-order valence-electron chi connectivity index (χ1n) is 9.26. The van der Waals surface area contributed by atoms with Gasteiger partial charge in [0.2, 0.25) is 0 Å². The van der Waals surface area contributed by atoms with Crippen LogP contribution in [0.15, 0.2) is 84.6 Å². The van der Waals surface area contributed by atoms with Crippen LogP contribution in [0.2, 0.25) is 0 Å². The van der Waals surface area contributed by atoms with E-state index >= 15 is 0 Å². The van der Waals surface area contributed by atoms with Crippen LogP contribution >= 0.6 is 0 Å². The molecule has 1 aliphatic rings. The summed E-state index contributed by atoms with van der Waals surface area (Å²) in [4.78, 5) is 14.6. The average molecular weight is 389 g/mol. The van der Waals surface area contributed by atoms with E-state index in [0.717, 1.165) is 11.1 Å². The summed E-state index contributed by atoms with van der Waals surface area (Å²) in [6.45, 7) is 0.325. The monoisotopic (exact) mass is 389 g/mol. The van der Waals surface area contributed by atoms with Crippen molar-refractivity contribution in [1.29, 1.82) is 0 Å². The smallest absolute Gasteiger partial charge is 0.290 e. The van der Waals surface area contributed by atoms with E-state index in [-0.39, 0.29) is 11.6 Å². The molecule has 1 N–H and O–H groups in total. The summed E-state index contributed by atoms with van der Waals surface area (Å²) in [6.07, 6.45) is 0. The predicted octanol–water partition coefficient (Wildman–Crippen LogP) is 4.89. The maximum Gasteiger partial charge on any atom is 0.290 e. The van der Waals surface area contributed by atoms with E-state index in [2.05, 4.69) is 0 Å². The number of ether oxygens (including phenoxy) is 1. The normalized spacial score (nSPS) is 16.4. The van der Waals surface area contributed by atoms with E-state index < -0.39 is 11.9 Å². The Hall–Kier alpha value is -3.60. The van der Waals surface area contributed by atoms with Gasteiger partial charge in [-0.1, -0.05) is 54.6 Å². The highest BCUT2D eigenvalue weighted by atomic mass is 19.1.